The van der Waals surface area contributed by atoms with Crippen molar-refractivity contribution in [2.24, 2.45) is 0 Å². The predicted octanol–water partition coefficient (Wildman–Crippen LogP) is 3.52. The molecule has 0 bridgehead atoms. The number of morpholine rings is 1. The van der Waals surface area contributed by atoms with E-state index in [1.165, 1.54) is 36.5 Å². The highest BCUT2D eigenvalue weighted by Crippen LogP contribution is 2.24. The summed E-state index contributed by atoms with van der Waals surface area (Å²) in [6.45, 7) is 3.83. The lowest BCUT2D eigenvalue weighted by atomic mass is 10.0. The standard InChI is InChI=1S/C20H14FN3O3S.C4H9NO/c21-17-7-2-1-6-15(17)19(25)16-11-22-20-14(16)8-9-18(24-20)23-12-4-3-5-13(10-12)28(26)27;1-3-6-4-2-5-1/h1-11H,(H,26,27)(H2,22,23,24);5H,1-4H2/p-1. The zero-order valence-corrected chi connectivity index (χ0v) is 18.9. The first-order chi connectivity index (χ1) is 16.5. The molecule has 8 nitrogen and oxygen atoms in total. The lowest BCUT2D eigenvalue weighted by molar-refractivity contribution is 0.103. The van der Waals surface area contributed by atoms with Gasteiger partial charge < -0.3 is 24.9 Å². The number of carbonyl (C=O) groups is 1. The van der Waals surface area contributed by atoms with Crippen LogP contribution in [0.1, 0.15) is 15.9 Å². The second-order valence-corrected chi connectivity index (χ2v) is 8.29. The first kappa shape index (κ1) is 23.7. The summed E-state index contributed by atoms with van der Waals surface area (Å²) in [5.74, 6) is -0.547. The largest absolute Gasteiger partial charge is 0.768 e. The van der Waals surface area contributed by atoms with Gasteiger partial charge in [-0.15, -0.1) is 0 Å². The normalized spacial score (nSPS) is 14.2. The van der Waals surface area contributed by atoms with E-state index in [4.69, 9.17) is 4.74 Å². The number of nitrogens with zero attached hydrogens (tertiary/aromatic N) is 1. The smallest absolute Gasteiger partial charge is 0.198 e. The molecule has 1 aliphatic rings. The van der Waals surface area contributed by atoms with E-state index in [2.05, 4.69) is 20.6 Å². The molecule has 4 aromatic rings. The Balaban J connectivity index is 0.000000398. The third-order valence-electron chi connectivity index (χ3n) is 5.05. The second kappa shape index (κ2) is 11.1. The van der Waals surface area contributed by atoms with E-state index in [0.29, 0.717) is 28.1 Å². The van der Waals surface area contributed by atoms with Gasteiger partial charge in [0, 0.05) is 40.8 Å². The summed E-state index contributed by atoms with van der Waals surface area (Å²) < 4.78 is 41.1. The molecule has 5 rings (SSSR count). The Morgan fingerprint density at radius 2 is 1.85 bits per heavy atom. The van der Waals surface area contributed by atoms with Crippen LogP contribution >= 0.6 is 0 Å². The number of rotatable bonds is 5. The van der Waals surface area contributed by atoms with E-state index in [0.717, 1.165) is 26.3 Å². The highest BCUT2D eigenvalue weighted by Gasteiger charge is 2.18. The van der Waals surface area contributed by atoms with E-state index < -0.39 is 22.7 Å². The van der Waals surface area contributed by atoms with Gasteiger partial charge in [0.05, 0.1) is 18.8 Å². The molecule has 3 N–H and O–H groups in total. The van der Waals surface area contributed by atoms with E-state index in [-0.39, 0.29) is 10.5 Å². The summed E-state index contributed by atoms with van der Waals surface area (Å²) in [5, 5.41) is 6.74. The maximum Gasteiger partial charge on any atom is 0.198 e. The van der Waals surface area contributed by atoms with Crippen molar-refractivity contribution in [2.75, 3.05) is 31.6 Å². The van der Waals surface area contributed by atoms with Gasteiger partial charge in [-0.2, -0.15) is 0 Å². The molecule has 1 saturated heterocycles. The molecule has 0 aliphatic carbocycles. The van der Waals surface area contributed by atoms with Crippen molar-refractivity contribution >= 4 is 39.4 Å². The van der Waals surface area contributed by atoms with Crippen LogP contribution in [0.5, 0.6) is 0 Å². The maximum atomic E-state index is 13.9. The fraction of sp³-hybridized carbons (Fsp3) is 0.167. The van der Waals surface area contributed by atoms with Crippen molar-refractivity contribution in [1.29, 1.82) is 0 Å². The number of pyridine rings is 1. The second-order valence-electron chi connectivity index (χ2n) is 7.35. The highest BCUT2D eigenvalue weighted by molar-refractivity contribution is 7.79. The fourth-order valence-electron chi connectivity index (χ4n) is 3.39. The Labute approximate surface area is 197 Å². The Kier molecular flexibility index (Phi) is 7.76. The number of hydrogen-bond donors (Lipinski definition) is 3. The number of ether oxygens (including phenoxy) is 1. The third-order valence-corrected chi connectivity index (χ3v) is 5.69. The number of carbonyl (C=O) groups excluding carboxylic acids is 1. The number of aromatic amines is 1. The number of benzene rings is 2. The highest BCUT2D eigenvalue weighted by atomic mass is 32.2. The van der Waals surface area contributed by atoms with Crippen LogP contribution in [0.25, 0.3) is 11.0 Å². The van der Waals surface area contributed by atoms with Gasteiger partial charge in [0.15, 0.2) is 5.78 Å². The molecule has 176 valence electrons. The molecular weight excluding hydrogens is 459 g/mol. The molecule has 1 aliphatic heterocycles. The summed E-state index contributed by atoms with van der Waals surface area (Å²) in [6.07, 6.45) is 1.50. The van der Waals surface area contributed by atoms with Crippen molar-refractivity contribution in [2.45, 2.75) is 4.90 Å². The molecule has 0 spiro atoms. The third kappa shape index (κ3) is 5.72. The number of anilines is 2. The summed E-state index contributed by atoms with van der Waals surface area (Å²) in [7, 11) is 0. The Morgan fingerprint density at radius 3 is 2.53 bits per heavy atom. The molecular formula is C24H22FN4O4S-. The monoisotopic (exact) mass is 481 g/mol. The number of hydrogen-bond acceptors (Lipinski definition) is 7. The SMILES string of the molecule is C1COCCN1.O=C(c1ccccc1F)c1c[nH]c2nc(Nc3cccc(S(=O)[O-])c3)ccc12. The van der Waals surface area contributed by atoms with Crippen LogP contribution in [0.4, 0.5) is 15.9 Å². The van der Waals surface area contributed by atoms with Crippen LogP contribution < -0.4 is 10.6 Å². The number of fused-ring (bicyclic) bond motifs is 1. The van der Waals surface area contributed by atoms with E-state index in [9.17, 15) is 17.9 Å². The van der Waals surface area contributed by atoms with E-state index in [1.54, 1.807) is 30.3 Å². The molecule has 10 heteroatoms. The summed E-state index contributed by atoms with van der Waals surface area (Å²) >= 11 is -2.33. The van der Waals surface area contributed by atoms with Crippen LogP contribution in [0.2, 0.25) is 0 Å². The van der Waals surface area contributed by atoms with Gasteiger partial charge in [-0.3, -0.25) is 9.00 Å². The number of H-pyrrole nitrogens is 1. The Morgan fingerprint density at radius 1 is 1.06 bits per heavy atom. The van der Waals surface area contributed by atoms with Gasteiger partial charge in [-0.25, -0.2) is 9.37 Å². The number of aromatic nitrogens is 2. The number of nitrogens with one attached hydrogen (secondary N) is 3. The molecule has 3 heterocycles. The van der Waals surface area contributed by atoms with Crippen LogP contribution in [0.15, 0.2) is 71.8 Å². The minimum Gasteiger partial charge on any atom is -0.768 e. The van der Waals surface area contributed by atoms with Crippen LogP contribution in [-0.2, 0) is 15.8 Å². The lowest BCUT2D eigenvalue weighted by Crippen LogP contribution is -2.30. The number of halogens is 1. The molecule has 2 aromatic heterocycles. The van der Waals surface area contributed by atoms with Gasteiger partial charge in [0.2, 0.25) is 0 Å². The minimum absolute atomic E-state index is 0.00645. The van der Waals surface area contributed by atoms with E-state index in [1.807, 2.05) is 0 Å². The van der Waals surface area contributed by atoms with Gasteiger partial charge >= 0.3 is 0 Å². The Hall–Kier alpha value is -3.44. The molecule has 34 heavy (non-hydrogen) atoms. The first-order valence-electron chi connectivity index (χ1n) is 10.5. The first-order valence-corrected chi connectivity index (χ1v) is 11.6. The van der Waals surface area contributed by atoms with Crippen molar-refractivity contribution in [3.8, 4) is 0 Å². The summed E-state index contributed by atoms with van der Waals surface area (Å²) in [4.78, 5) is 20.1. The zero-order valence-electron chi connectivity index (χ0n) is 18.0. The van der Waals surface area contributed by atoms with Crippen molar-refractivity contribution in [3.05, 3.63) is 83.8 Å². The molecule has 0 saturated carbocycles. The van der Waals surface area contributed by atoms with Gasteiger partial charge in [0.25, 0.3) is 0 Å². The van der Waals surface area contributed by atoms with Crippen molar-refractivity contribution in [3.63, 3.8) is 0 Å². The molecule has 0 amide bonds. The van der Waals surface area contributed by atoms with E-state index >= 15 is 0 Å². The predicted molar refractivity (Wildman–Crippen MR) is 127 cm³/mol. The van der Waals surface area contributed by atoms with Gasteiger partial charge in [-0.05, 0) is 53.5 Å². The quantitative estimate of drug-likeness (QED) is 0.295. The minimum atomic E-state index is -2.33. The van der Waals surface area contributed by atoms with Gasteiger partial charge in [0.1, 0.15) is 17.3 Å². The Bertz CT molecular complexity index is 1310. The topological polar surface area (TPSA) is 119 Å². The van der Waals surface area contributed by atoms with Crippen molar-refractivity contribution in [1.82, 2.24) is 15.3 Å². The molecule has 2 aromatic carbocycles. The van der Waals surface area contributed by atoms with Crippen LogP contribution in [-0.4, -0.2) is 50.8 Å². The maximum absolute atomic E-state index is 13.9. The summed E-state index contributed by atoms with van der Waals surface area (Å²) in [5.41, 5.74) is 1.33. The zero-order chi connectivity index (χ0) is 23.9. The molecule has 0 radical (unpaired) electrons. The van der Waals surface area contributed by atoms with Crippen LogP contribution in [0.3, 0.4) is 0 Å². The average Bonchev–Trinajstić information content (AvgIpc) is 3.29. The van der Waals surface area contributed by atoms with Crippen molar-refractivity contribution < 1.29 is 22.7 Å². The molecule has 1 fully saturated rings. The van der Waals surface area contributed by atoms with Gasteiger partial charge in [-0.1, -0.05) is 18.2 Å². The average molecular weight is 482 g/mol. The fourth-order valence-corrected chi connectivity index (χ4v) is 3.81. The lowest BCUT2D eigenvalue weighted by Gasteiger charge is -2.10. The van der Waals surface area contributed by atoms with Crippen LogP contribution in [0, 0.1) is 5.82 Å². The summed E-state index contributed by atoms with van der Waals surface area (Å²) in [6, 6.07) is 15.5. The number of ketones is 1. The molecule has 1 atom stereocenters. The molecule has 1 unspecified atom stereocenters.